The molecule has 5 nitrogen and oxygen atoms in total. The van der Waals surface area contributed by atoms with Crippen molar-refractivity contribution in [3.8, 4) is 5.75 Å². The van der Waals surface area contributed by atoms with Gasteiger partial charge in [-0.1, -0.05) is 6.07 Å². The second kappa shape index (κ2) is 6.81. The average Bonchev–Trinajstić information content (AvgIpc) is 2.59. The van der Waals surface area contributed by atoms with Crippen LogP contribution in [0.2, 0.25) is 0 Å². The zero-order valence-electron chi connectivity index (χ0n) is 12.8. The van der Waals surface area contributed by atoms with Crippen molar-refractivity contribution in [1.29, 1.82) is 0 Å². The molecular formula is C17H22N2O3. The summed E-state index contributed by atoms with van der Waals surface area (Å²) in [5, 5.41) is 0. The first kappa shape index (κ1) is 14.9. The minimum absolute atomic E-state index is 0.0109. The molecule has 0 saturated carbocycles. The number of piperazine rings is 1. The molecule has 0 atom stereocenters. The highest BCUT2D eigenvalue weighted by molar-refractivity contribution is 5.78. The first-order valence-corrected chi connectivity index (χ1v) is 7.98. The molecule has 0 N–H and O–H groups in total. The molecular weight excluding hydrogens is 280 g/mol. The van der Waals surface area contributed by atoms with E-state index in [1.165, 1.54) is 24.0 Å². The van der Waals surface area contributed by atoms with Crippen LogP contribution in [0.4, 0.5) is 0 Å². The molecule has 2 amide bonds. The number of carbonyl (C=O) groups excluding carboxylic acids is 2. The topological polar surface area (TPSA) is 49.9 Å². The van der Waals surface area contributed by atoms with E-state index >= 15 is 0 Å². The van der Waals surface area contributed by atoms with Gasteiger partial charge in [-0.15, -0.1) is 0 Å². The summed E-state index contributed by atoms with van der Waals surface area (Å²) in [5.74, 6) is 0.767. The summed E-state index contributed by atoms with van der Waals surface area (Å²) in [6.07, 6.45) is 5.59. The number of fused-ring (bicyclic) bond motifs is 1. The maximum Gasteiger partial charge on any atom is 0.260 e. The zero-order valence-corrected chi connectivity index (χ0v) is 12.8. The molecule has 1 heterocycles. The van der Waals surface area contributed by atoms with E-state index in [0.29, 0.717) is 26.2 Å². The van der Waals surface area contributed by atoms with Gasteiger partial charge in [0.25, 0.3) is 5.91 Å². The van der Waals surface area contributed by atoms with Crippen LogP contribution >= 0.6 is 0 Å². The standard InChI is InChI=1S/C17H22N2O3/c20-13-18-7-9-19(10-8-18)17(21)12-22-16-6-5-14-3-1-2-4-15(14)11-16/h5-6,11,13H,1-4,7-10,12H2. The van der Waals surface area contributed by atoms with Crippen LogP contribution in [0.15, 0.2) is 18.2 Å². The van der Waals surface area contributed by atoms with Gasteiger partial charge in [-0.2, -0.15) is 0 Å². The van der Waals surface area contributed by atoms with Crippen molar-refractivity contribution in [1.82, 2.24) is 9.80 Å². The summed E-state index contributed by atoms with van der Waals surface area (Å²) in [5.41, 5.74) is 2.77. The Kier molecular flexibility index (Phi) is 4.61. The second-order valence-corrected chi connectivity index (χ2v) is 5.95. The van der Waals surface area contributed by atoms with Gasteiger partial charge < -0.3 is 14.5 Å². The summed E-state index contributed by atoms with van der Waals surface area (Å²) in [7, 11) is 0. The van der Waals surface area contributed by atoms with E-state index in [0.717, 1.165) is 25.0 Å². The molecule has 1 aliphatic carbocycles. The highest BCUT2D eigenvalue weighted by Crippen LogP contribution is 2.25. The van der Waals surface area contributed by atoms with Crippen molar-refractivity contribution in [3.63, 3.8) is 0 Å². The van der Waals surface area contributed by atoms with E-state index in [4.69, 9.17) is 4.74 Å². The molecule has 1 fully saturated rings. The van der Waals surface area contributed by atoms with Crippen LogP contribution in [0.3, 0.4) is 0 Å². The fraction of sp³-hybridized carbons (Fsp3) is 0.529. The number of hydrogen-bond acceptors (Lipinski definition) is 3. The Morgan fingerprint density at radius 2 is 1.82 bits per heavy atom. The quantitative estimate of drug-likeness (QED) is 0.787. The molecule has 1 saturated heterocycles. The van der Waals surface area contributed by atoms with Crippen molar-refractivity contribution in [3.05, 3.63) is 29.3 Å². The Labute approximate surface area is 130 Å². The molecule has 2 aliphatic rings. The summed E-state index contributed by atoms with van der Waals surface area (Å²) in [6, 6.07) is 6.16. The molecule has 0 radical (unpaired) electrons. The Balaban J connectivity index is 1.52. The number of carbonyl (C=O) groups is 2. The van der Waals surface area contributed by atoms with Crippen LogP contribution in [0.5, 0.6) is 5.75 Å². The second-order valence-electron chi connectivity index (χ2n) is 5.95. The summed E-state index contributed by atoms with van der Waals surface area (Å²) < 4.78 is 5.67. The normalized spacial score (nSPS) is 17.8. The lowest BCUT2D eigenvalue weighted by Gasteiger charge is -2.32. The largest absolute Gasteiger partial charge is 0.484 e. The van der Waals surface area contributed by atoms with E-state index < -0.39 is 0 Å². The minimum atomic E-state index is -0.0109. The van der Waals surface area contributed by atoms with Crippen molar-refractivity contribution >= 4 is 12.3 Å². The van der Waals surface area contributed by atoms with E-state index in [2.05, 4.69) is 12.1 Å². The van der Waals surface area contributed by atoms with Crippen molar-refractivity contribution in [2.24, 2.45) is 0 Å². The number of benzene rings is 1. The monoisotopic (exact) mass is 302 g/mol. The van der Waals surface area contributed by atoms with Gasteiger partial charge in [0.1, 0.15) is 5.75 Å². The van der Waals surface area contributed by atoms with Crippen LogP contribution in [0, 0.1) is 0 Å². The third kappa shape index (κ3) is 3.40. The van der Waals surface area contributed by atoms with Crippen molar-refractivity contribution in [2.45, 2.75) is 25.7 Å². The molecule has 118 valence electrons. The van der Waals surface area contributed by atoms with Gasteiger partial charge in [0.05, 0.1) is 0 Å². The van der Waals surface area contributed by atoms with Crippen LogP contribution in [-0.2, 0) is 22.4 Å². The SMILES string of the molecule is O=CN1CCN(C(=O)COc2ccc3c(c2)CCCC3)CC1. The fourth-order valence-electron chi connectivity index (χ4n) is 3.11. The third-order valence-corrected chi connectivity index (χ3v) is 4.50. The highest BCUT2D eigenvalue weighted by atomic mass is 16.5. The number of nitrogens with zero attached hydrogens (tertiary/aromatic N) is 2. The Morgan fingerprint density at radius 3 is 2.55 bits per heavy atom. The van der Waals surface area contributed by atoms with Crippen LogP contribution < -0.4 is 4.74 Å². The summed E-state index contributed by atoms with van der Waals surface area (Å²) >= 11 is 0. The third-order valence-electron chi connectivity index (χ3n) is 4.50. The molecule has 1 aromatic rings. The predicted octanol–water partition coefficient (Wildman–Crippen LogP) is 1.24. The molecule has 1 aromatic carbocycles. The van der Waals surface area contributed by atoms with Crippen LogP contribution in [0.1, 0.15) is 24.0 Å². The number of aryl methyl sites for hydroxylation is 2. The lowest BCUT2D eigenvalue weighted by molar-refractivity contribution is -0.137. The van der Waals surface area contributed by atoms with Gasteiger partial charge in [-0.3, -0.25) is 9.59 Å². The molecule has 3 rings (SSSR count). The number of hydrogen-bond donors (Lipinski definition) is 0. The van der Waals surface area contributed by atoms with Crippen LogP contribution in [0.25, 0.3) is 0 Å². The van der Waals surface area contributed by atoms with Gasteiger partial charge >= 0.3 is 0 Å². The molecule has 0 bridgehead atoms. The number of ether oxygens (including phenoxy) is 1. The van der Waals surface area contributed by atoms with Gasteiger partial charge in [0.15, 0.2) is 6.61 Å². The minimum Gasteiger partial charge on any atom is -0.484 e. The zero-order chi connectivity index (χ0) is 15.4. The molecule has 1 aliphatic heterocycles. The van der Waals surface area contributed by atoms with Gasteiger partial charge in [-0.25, -0.2) is 0 Å². The first-order chi connectivity index (χ1) is 10.8. The lowest BCUT2D eigenvalue weighted by atomic mass is 9.92. The lowest BCUT2D eigenvalue weighted by Crippen LogP contribution is -2.49. The smallest absolute Gasteiger partial charge is 0.260 e. The number of rotatable bonds is 4. The summed E-state index contributed by atoms with van der Waals surface area (Å²) in [4.78, 5) is 26.3. The van der Waals surface area contributed by atoms with E-state index in [1.54, 1.807) is 9.80 Å². The van der Waals surface area contributed by atoms with E-state index in [-0.39, 0.29) is 12.5 Å². The first-order valence-electron chi connectivity index (χ1n) is 7.98. The average molecular weight is 302 g/mol. The van der Waals surface area contributed by atoms with Gasteiger partial charge in [0, 0.05) is 26.2 Å². The Bertz CT molecular complexity index is 551. The van der Waals surface area contributed by atoms with Crippen molar-refractivity contribution in [2.75, 3.05) is 32.8 Å². The number of amides is 2. The van der Waals surface area contributed by atoms with Gasteiger partial charge in [0.2, 0.25) is 6.41 Å². The maximum absolute atomic E-state index is 12.1. The van der Waals surface area contributed by atoms with E-state index in [9.17, 15) is 9.59 Å². The van der Waals surface area contributed by atoms with Crippen LogP contribution in [-0.4, -0.2) is 54.9 Å². The molecule has 0 aromatic heterocycles. The maximum atomic E-state index is 12.1. The van der Waals surface area contributed by atoms with Crippen molar-refractivity contribution < 1.29 is 14.3 Å². The van der Waals surface area contributed by atoms with Gasteiger partial charge in [-0.05, 0) is 48.9 Å². The van der Waals surface area contributed by atoms with E-state index in [1.807, 2.05) is 6.07 Å². The predicted molar refractivity (Wildman–Crippen MR) is 82.8 cm³/mol. The Hall–Kier alpha value is -2.04. The molecule has 0 spiro atoms. The molecule has 22 heavy (non-hydrogen) atoms. The molecule has 5 heteroatoms. The fourth-order valence-corrected chi connectivity index (χ4v) is 3.11. The summed E-state index contributed by atoms with van der Waals surface area (Å²) in [6.45, 7) is 2.46. The molecule has 0 unspecified atom stereocenters. The Morgan fingerprint density at radius 1 is 1.09 bits per heavy atom. The highest BCUT2D eigenvalue weighted by Gasteiger charge is 2.20.